The van der Waals surface area contributed by atoms with Crippen molar-refractivity contribution in [1.29, 1.82) is 0 Å². The number of carbonyl (C=O) groups is 3. The smallest absolute Gasteiger partial charge is 0.326 e. The fourth-order valence-corrected chi connectivity index (χ4v) is 2.07. The van der Waals surface area contributed by atoms with Crippen LogP contribution in [0.5, 0.6) is 0 Å². The molecule has 3 N–H and O–H groups in total. The van der Waals surface area contributed by atoms with Crippen molar-refractivity contribution in [2.75, 3.05) is 0 Å². The van der Waals surface area contributed by atoms with Crippen molar-refractivity contribution < 1.29 is 29.0 Å². The normalized spacial score (nSPS) is 14.5. The van der Waals surface area contributed by atoms with Crippen LogP contribution >= 0.6 is 0 Å². The monoisotopic (exact) mass is 331 g/mol. The summed E-state index contributed by atoms with van der Waals surface area (Å²) in [7, 11) is 0. The number of esters is 2. The second-order valence-corrected chi connectivity index (χ2v) is 6.91. The number of carbonyl (C=O) groups excluding carboxylic acids is 2. The van der Waals surface area contributed by atoms with Crippen LogP contribution in [0.25, 0.3) is 0 Å². The Balaban J connectivity index is 4.89. The Morgan fingerprint density at radius 3 is 1.91 bits per heavy atom. The Kier molecular flexibility index (Phi) is 8.23. The van der Waals surface area contributed by atoms with Gasteiger partial charge in [0.2, 0.25) is 0 Å². The number of aliphatic carboxylic acids is 1. The lowest BCUT2D eigenvalue weighted by Crippen LogP contribution is -2.45. The molecule has 134 valence electrons. The number of carboxylic acid groups (broad SMARTS) is 1. The predicted octanol–water partition coefficient (Wildman–Crippen LogP) is 1.93. The molecule has 0 aliphatic carbocycles. The zero-order valence-corrected chi connectivity index (χ0v) is 14.8. The second kappa shape index (κ2) is 8.86. The third-order valence-corrected chi connectivity index (χ3v) is 3.16. The summed E-state index contributed by atoms with van der Waals surface area (Å²) in [6, 6.07) is -1.09. The van der Waals surface area contributed by atoms with Crippen LogP contribution in [0.3, 0.4) is 0 Å². The van der Waals surface area contributed by atoms with Crippen LogP contribution in [0.2, 0.25) is 0 Å². The van der Waals surface area contributed by atoms with Gasteiger partial charge in [0, 0.05) is 13.8 Å². The van der Waals surface area contributed by atoms with E-state index in [9.17, 15) is 14.4 Å². The van der Waals surface area contributed by atoms with E-state index in [0.29, 0.717) is 6.42 Å². The van der Waals surface area contributed by atoms with Crippen molar-refractivity contribution in [2.24, 2.45) is 23.5 Å². The van der Waals surface area contributed by atoms with Crippen LogP contribution in [0.15, 0.2) is 0 Å². The van der Waals surface area contributed by atoms with Gasteiger partial charge in [-0.2, -0.15) is 0 Å². The van der Waals surface area contributed by atoms with Gasteiger partial charge in [0.05, 0.1) is 12.3 Å². The predicted molar refractivity (Wildman–Crippen MR) is 84.3 cm³/mol. The van der Waals surface area contributed by atoms with Gasteiger partial charge in [-0.05, 0) is 18.3 Å². The highest BCUT2D eigenvalue weighted by atomic mass is 16.7. The van der Waals surface area contributed by atoms with E-state index in [-0.39, 0.29) is 18.3 Å². The number of nitrogens with two attached hydrogens (primary N) is 1. The van der Waals surface area contributed by atoms with Crippen LogP contribution in [0.1, 0.15) is 54.4 Å². The first-order valence-electron chi connectivity index (χ1n) is 7.78. The Labute approximate surface area is 137 Å². The molecule has 0 aliphatic rings. The van der Waals surface area contributed by atoms with Gasteiger partial charge in [0.25, 0.3) is 5.79 Å². The highest BCUT2D eigenvalue weighted by Gasteiger charge is 2.34. The Hall–Kier alpha value is -1.63. The van der Waals surface area contributed by atoms with Gasteiger partial charge in [-0.3, -0.25) is 14.4 Å². The molecule has 0 bridgehead atoms. The van der Waals surface area contributed by atoms with Gasteiger partial charge in [-0.25, -0.2) is 0 Å². The Morgan fingerprint density at radius 1 is 1.04 bits per heavy atom. The molecule has 7 nitrogen and oxygen atoms in total. The van der Waals surface area contributed by atoms with Gasteiger partial charge >= 0.3 is 17.9 Å². The molecule has 0 aromatic heterocycles. The molecule has 0 amide bonds. The zero-order valence-electron chi connectivity index (χ0n) is 14.8. The van der Waals surface area contributed by atoms with Crippen LogP contribution in [-0.2, 0) is 23.9 Å². The fraction of sp³-hybridized carbons (Fsp3) is 0.812. The fourth-order valence-electron chi connectivity index (χ4n) is 2.07. The summed E-state index contributed by atoms with van der Waals surface area (Å²) in [5, 5.41) is 8.96. The lowest BCUT2D eigenvalue weighted by atomic mass is 9.88. The molecule has 0 saturated heterocycles. The van der Waals surface area contributed by atoms with E-state index in [0.717, 1.165) is 0 Å². The lowest BCUT2D eigenvalue weighted by molar-refractivity contribution is -0.220. The van der Waals surface area contributed by atoms with Crippen LogP contribution in [0.4, 0.5) is 0 Å². The SMILES string of the molecule is CC(C)CC(CC(=O)O)C(N)C(=O)OC(C)(C)OC(=O)C(C)C. The van der Waals surface area contributed by atoms with Crippen molar-refractivity contribution in [1.82, 2.24) is 0 Å². The number of hydrogen-bond acceptors (Lipinski definition) is 6. The molecule has 0 fully saturated rings. The maximum absolute atomic E-state index is 12.2. The molecule has 7 heteroatoms. The quantitative estimate of drug-likeness (QED) is 0.490. The van der Waals surface area contributed by atoms with Gasteiger partial charge in [-0.15, -0.1) is 0 Å². The summed E-state index contributed by atoms with van der Waals surface area (Å²) in [5.74, 6) is -4.48. The van der Waals surface area contributed by atoms with Crippen molar-refractivity contribution in [3.05, 3.63) is 0 Å². The molecule has 0 rings (SSSR count). The molecule has 0 radical (unpaired) electrons. The van der Waals surface area contributed by atoms with E-state index in [4.69, 9.17) is 20.3 Å². The lowest BCUT2D eigenvalue weighted by Gasteiger charge is -2.29. The minimum absolute atomic E-state index is 0.185. The van der Waals surface area contributed by atoms with Crippen molar-refractivity contribution in [2.45, 2.75) is 66.2 Å². The maximum atomic E-state index is 12.2. The number of ether oxygens (including phenoxy) is 2. The number of hydrogen-bond donors (Lipinski definition) is 2. The topological polar surface area (TPSA) is 116 Å². The summed E-state index contributed by atoms with van der Waals surface area (Å²) in [4.78, 5) is 34.7. The highest BCUT2D eigenvalue weighted by molar-refractivity contribution is 5.78. The maximum Gasteiger partial charge on any atom is 0.326 e. The molecule has 2 atom stereocenters. The first-order valence-corrected chi connectivity index (χ1v) is 7.78. The number of rotatable bonds is 9. The van der Waals surface area contributed by atoms with Gasteiger partial charge in [-0.1, -0.05) is 27.7 Å². The molecule has 0 aromatic rings. The van der Waals surface area contributed by atoms with Crippen molar-refractivity contribution in [3.63, 3.8) is 0 Å². The summed E-state index contributed by atoms with van der Waals surface area (Å²) in [6.07, 6.45) is 0.259. The Bertz CT molecular complexity index is 430. The van der Waals surface area contributed by atoms with Crippen LogP contribution in [0, 0.1) is 17.8 Å². The van der Waals surface area contributed by atoms with E-state index < -0.39 is 35.7 Å². The third kappa shape index (κ3) is 8.54. The molecule has 0 aliphatic heterocycles. The average molecular weight is 331 g/mol. The summed E-state index contributed by atoms with van der Waals surface area (Å²) >= 11 is 0. The van der Waals surface area contributed by atoms with Gasteiger partial charge in [0.15, 0.2) is 0 Å². The summed E-state index contributed by atoms with van der Waals surface area (Å²) in [6.45, 7) is 10.0. The van der Waals surface area contributed by atoms with E-state index in [1.165, 1.54) is 13.8 Å². The second-order valence-electron chi connectivity index (χ2n) is 6.91. The molecule has 0 heterocycles. The molecule has 2 unspecified atom stereocenters. The molecule has 0 aromatic carbocycles. The average Bonchev–Trinajstić information content (AvgIpc) is 2.34. The van der Waals surface area contributed by atoms with Crippen molar-refractivity contribution >= 4 is 17.9 Å². The van der Waals surface area contributed by atoms with E-state index in [1.54, 1.807) is 13.8 Å². The molecular weight excluding hydrogens is 302 g/mol. The molecule has 0 saturated carbocycles. The first-order chi connectivity index (χ1) is 10.4. The standard InChI is InChI=1S/C16H29NO6/c1-9(2)7-11(8-12(18)19)13(17)15(21)23-16(5,6)22-14(20)10(3)4/h9-11,13H,7-8,17H2,1-6H3,(H,18,19). The van der Waals surface area contributed by atoms with Gasteiger partial charge < -0.3 is 20.3 Å². The molecule has 23 heavy (non-hydrogen) atoms. The Morgan fingerprint density at radius 2 is 1.52 bits per heavy atom. The summed E-state index contributed by atoms with van der Waals surface area (Å²) in [5.41, 5.74) is 5.88. The van der Waals surface area contributed by atoms with Crippen LogP contribution in [-0.4, -0.2) is 34.8 Å². The highest BCUT2D eigenvalue weighted by Crippen LogP contribution is 2.22. The molecule has 0 spiro atoms. The van der Waals surface area contributed by atoms with Gasteiger partial charge in [0.1, 0.15) is 6.04 Å². The molecular formula is C16H29NO6. The third-order valence-electron chi connectivity index (χ3n) is 3.16. The van der Waals surface area contributed by atoms with E-state index in [1.807, 2.05) is 13.8 Å². The van der Waals surface area contributed by atoms with E-state index in [2.05, 4.69) is 0 Å². The zero-order chi connectivity index (χ0) is 18.4. The largest absolute Gasteiger partial charge is 0.481 e. The minimum Gasteiger partial charge on any atom is -0.481 e. The van der Waals surface area contributed by atoms with Crippen molar-refractivity contribution in [3.8, 4) is 0 Å². The van der Waals surface area contributed by atoms with Crippen LogP contribution < -0.4 is 5.73 Å². The summed E-state index contributed by atoms with van der Waals surface area (Å²) < 4.78 is 10.3. The minimum atomic E-state index is -1.46. The number of carboxylic acids is 1. The first kappa shape index (κ1) is 21.4. The van der Waals surface area contributed by atoms with E-state index >= 15 is 0 Å².